The molecule has 17 heteroatoms. The standard InChI is InChI=1S/C43H53Cl2N11O4/c44-32-18-14-30(15-19-32)28-10-6-26(7-11-28)24-34(46)39(58)55-36(4-1-2-22-52-42(48)49)40(59)56-37(41(60)54-35(38(47)57)5-3-23-53-43(50)51)25-27-8-12-29(13-9-27)31-16-20-33(45)21-17-31/h6-21,34-37H,1-5,22-25,46H2,(H2,47,57)(H,54,60)(H,55,58)(H,56,59)(H4,48,49,52)(H4,50,51,53)/t34-,35-,36-,37-/m1/s1. The number of hydrogen-bond acceptors (Lipinski definition) is 7. The maximum absolute atomic E-state index is 14.1. The van der Waals surface area contributed by atoms with Gasteiger partial charge >= 0.3 is 0 Å². The van der Waals surface area contributed by atoms with Crippen molar-refractivity contribution in [3.63, 3.8) is 0 Å². The maximum atomic E-state index is 14.1. The lowest BCUT2D eigenvalue weighted by Gasteiger charge is -2.26. The second-order valence-electron chi connectivity index (χ2n) is 14.3. The molecule has 0 saturated heterocycles. The monoisotopic (exact) mass is 857 g/mol. The molecule has 0 spiro atoms. The van der Waals surface area contributed by atoms with Crippen LogP contribution in [0.4, 0.5) is 0 Å². The minimum absolute atomic E-state index is 0.0323. The molecule has 0 aliphatic rings. The summed E-state index contributed by atoms with van der Waals surface area (Å²) in [7, 11) is 0. The molecule has 0 unspecified atom stereocenters. The summed E-state index contributed by atoms with van der Waals surface area (Å²) in [6, 6.07) is 25.5. The highest BCUT2D eigenvalue weighted by Crippen LogP contribution is 2.24. The van der Waals surface area contributed by atoms with Crippen molar-refractivity contribution in [3.8, 4) is 22.3 Å². The Bertz CT molecular complexity index is 2070. The zero-order chi connectivity index (χ0) is 43.6. The zero-order valence-electron chi connectivity index (χ0n) is 33.1. The average molecular weight is 859 g/mol. The molecule has 0 fully saturated rings. The van der Waals surface area contributed by atoms with Gasteiger partial charge in [-0.1, -0.05) is 96.0 Å². The summed E-state index contributed by atoms with van der Waals surface area (Å²) in [6.07, 6.45) is 1.87. The Morgan fingerprint density at radius 2 is 0.883 bits per heavy atom. The lowest BCUT2D eigenvalue weighted by molar-refractivity contribution is -0.133. The average Bonchev–Trinajstić information content (AvgIpc) is 3.21. The lowest BCUT2D eigenvalue weighted by Crippen LogP contribution is -2.58. The maximum Gasteiger partial charge on any atom is 0.243 e. The molecular weight excluding hydrogens is 805 g/mol. The molecule has 4 aromatic carbocycles. The van der Waals surface area contributed by atoms with Gasteiger partial charge in [-0.2, -0.15) is 0 Å². The van der Waals surface area contributed by atoms with Gasteiger partial charge in [0, 0.05) is 29.6 Å². The first-order chi connectivity index (χ1) is 28.7. The van der Waals surface area contributed by atoms with Crippen LogP contribution in [0.25, 0.3) is 22.3 Å². The van der Waals surface area contributed by atoms with Gasteiger partial charge in [0.2, 0.25) is 23.6 Å². The van der Waals surface area contributed by atoms with Crippen LogP contribution in [0.1, 0.15) is 43.2 Å². The van der Waals surface area contributed by atoms with E-state index in [4.69, 9.17) is 57.0 Å². The third kappa shape index (κ3) is 15.5. The highest BCUT2D eigenvalue weighted by molar-refractivity contribution is 6.31. The predicted molar refractivity (Wildman–Crippen MR) is 237 cm³/mol. The van der Waals surface area contributed by atoms with Crippen LogP contribution < -0.4 is 49.5 Å². The minimum Gasteiger partial charge on any atom is -0.370 e. The fourth-order valence-electron chi connectivity index (χ4n) is 6.35. The fourth-order valence-corrected chi connectivity index (χ4v) is 6.60. The van der Waals surface area contributed by atoms with E-state index in [1.165, 1.54) is 0 Å². The number of guanidine groups is 2. The highest BCUT2D eigenvalue weighted by Gasteiger charge is 2.30. The first kappa shape index (κ1) is 46.5. The topological polar surface area (TPSA) is 280 Å². The van der Waals surface area contributed by atoms with Gasteiger partial charge in [0.1, 0.15) is 18.1 Å². The van der Waals surface area contributed by atoms with Gasteiger partial charge in [0.05, 0.1) is 6.04 Å². The van der Waals surface area contributed by atoms with Crippen molar-refractivity contribution in [1.29, 1.82) is 10.8 Å². The SMILES string of the molecule is N=C(N)NCCCC[C@@H](NC(=O)[C@H](N)Cc1ccc(-c2ccc(Cl)cc2)cc1)C(=O)N[C@H](Cc1ccc(-c2ccc(Cl)cc2)cc1)C(=O)N[C@H](CCCNC(=N)N)C(N)=O. The molecule has 0 bridgehead atoms. The zero-order valence-corrected chi connectivity index (χ0v) is 34.6. The van der Waals surface area contributed by atoms with Gasteiger partial charge in [-0.25, -0.2) is 0 Å². The Morgan fingerprint density at radius 1 is 0.500 bits per heavy atom. The van der Waals surface area contributed by atoms with E-state index in [9.17, 15) is 19.2 Å². The number of hydrogen-bond donors (Lipinski definition) is 11. The van der Waals surface area contributed by atoms with E-state index < -0.39 is 47.8 Å². The Hall–Kier alpha value is -6.16. The predicted octanol–water partition coefficient (Wildman–Crippen LogP) is 3.30. The number of nitrogens with one attached hydrogen (secondary N) is 7. The third-order valence-corrected chi connectivity index (χ3v) is 10.1. The Kier molecular flexibility index (Phi) is 18.2. The number of primary amides is 1. The van der Waals surface area contributed by atoms with Crippen molar-refractivity contribution >= 4 is 58.7 Å². The van der Waals surface area contributed by atoms with E-state index in [-0.39, 0.29) is 44.1 Å². The lowest BCUT2D eigenvalue weighted by atomic mass is 9.99. The van der Waals surface area contributed by atoms with E-state index in [1.807, 2.05) is 84.9 Å². The van der Waals surface area contributed by atoms with Crippen molar-refractivity contribution < 1.29 is 19.2 Å². The van der Waals surface area contributed by atoms with Crippen molar-refractivity contribution in [2.75, 3.05) is 13.1 Å². The second-order valence-corrected chi connectivity index (χ2v) is 15.2. The Balaban J connectivity index is 1.52. The fraction of sp³-hybridized carbons (Fsp3) is 0.302. The van der Waals surface area contributed by atoms with Crippen molar-refractivity contribution in [2.24, 2.45) is 22.9 Å². The summed E-state index contributed by atoms with van der Waals surface area (Å²) in [5.41, 5.74) is 28.1. The molecule has 60 heavy (non-hydrogen) atoms. The molecule has 0 aliphatic heterocycles. The minimum atomic E-state index is -1.19. The Morgan fingerprint density at radius 3 is 1.35 bits per heavy atom. The smallest absolute Gasteiger partial charge is 0.243 e. The van der Waals surface area contributed by atoms with Gasteiger partial charge in [-0.15, -0.1) is 0 Å². The molecular formula is C43H53Cl2N11O4. The van der Waals surface area contributed by atoms with Gasteiger partial charge in [0.25, 0.3) is 0 Å². The number of rotatable bonds is 22. The van der Waals surface area contributed by atoms with Crippen LogP contribution in [0.5, 0.6) is 0 Å². The molecule has 4 rings (SSSR count). The molecule has 4 aromatic rings. The number of amides is 4. The van der Waals surface area contributed by atoms with Gasteiger partial charge in [0.15, 0.2) is 11.9 Å². The molecule has 4 atom stereocenters. The van der Waals surface area contributed by atoms with E-state index in [0.717, 1.165) is 27.8 Å². The quantitative estimate of drug-likeness (QED) is 0.0314. The van der Waals surface area contributed by atoms with E-state index in [1.54, 1.807) is 12.1 Å². The molecule has 15 nitrogen and oxygen atoms in total. The van der Waals surface area contributed by atoms with E-state index in [0.29, 0.717) is 41.4 Å². The second kappa shape index (κ2) is 23.4. The van der Waals surface area contributed by atoms with Gasteiger partial charge in [-0.05, 0) is 96.2 Å². The molecule has 318 valence electrons. The van der Waals surface area contributed by atoms with Gasteiger partial charge in [-0.3, -0.25) is 30.0 Å². The van der Waals surface area contributed by atoms with Crippen LogP contribution in [0.2, 0.25) is 10.0 Å². The first-order valence-corrected chi connectivity index (χ1v) is 20.3. The molecule has 15 N–H and O–H groups in total. The van der Waals surface area contributed by atoms with Crippen LogP contribution in [-0.2, 0) is 32.0 Å². The number of carbonyl (C=O) groups is 4. The molecule has 0 saturated carbocycles. The number of unbranched alkanes of at least 4 members (excludes halogenated alkanes) is 1. The Labute approximate surface area is 359 Å². The molecule has 0 aromatic heterocycles. The van der Waals surface area contributed by atoms with Crippen molar-refractivity contribution in [1.82, 2.24) is 26.6 Å². The van der Waals surface area contributed by atoms with E-state index in [2.05, 4.69) is 26.6 Å². The summed E-state index contributed by atoms with van der Waals surface area (Å²) in [5, 5.41) is 29.7. The molecule has 0 radical (unpaired) electrons. The summed E-state index contributed by atoms with van der Waals surface area (Å²) >= 11 is 12.1. The first-order valence-electron chi connectivity index (χ1n) is 19.5. The normalized spacial score (nSPS) is 12.8. The molecule has 0 heterocycles. The third-order valence-electron chi connectivity index (χ3n) is 9.64. The number of benzene rings is 4. The number of halogens is 2. The summed E-state index contributed by atoms with van der Waals surface area (Å²) in [5.74, 6) is -3.07. The van der Waals surface area contributed by atoms with Crippen molar-refractivity contribution in [2.45, 2.75) is 69.1 Å². The van der Waals surface area contributed by atoms with Crippen LogP contribution in [0.15, 0.2) is 97.1 Å². The largest absolute Gasteiger partial charge is 0.370 e. The van der Waals surface area contributed by atoms with Crippen LogP contribution >= 0.6 is 23.2 Å². The summed E-state index contributed by atoms with van der Waals surface area (Å²) < 4.78 is 0. The summed E-state index contributed by atoms with van der Waals surface area (Å²) in [6.45, 7) is 0.645. The van der Waals surface area contributed by atoms with E-state index >= 15 is 0 Å². The summed E-state index contributed by atoms with van der Waals surface area (Å²) in [4.78, 5) is 54.1. The van der Waals surface area contributed by atoms with Crippen LogP contribution in [0.3, 0.4) is 0 Å². The van der Waals surface area contributed by atoms with Crippen LogP contribution in [-0.4, -0.2) is 72.8 Å². The molecule has 0 aliphatic carbocycles. The van der Waals surface area contributed by atoms with Gasteiger partial charge < -0.3 is 49.5 Å². The number of carbonyl (C=O) groups excluding carboxylic acids is 4. The molecule has 4 amide bonds. The van der Waals surface area contributed by atoms with Crippen molar-refractivity contribution in [3.05, 3.63) is 118 Å². The highest BCUT2D eigenvalue weighted by atomic mass is 35.5. The number of nitrogens with two attached hydrogens (primary N) is 4. The van der Waals surface area contributed by atoms with Crippen LogP contribution in [0, 0.1) is 10.8 Å².